The third-order valence-electron chi connectivity index (χ3n) is 5.19. The number of hydrogen-bond donors (Lipinski definition) is 1. The fourth-order valence-corrected chi connectivity index (χ4v) is 5.57. The summed E-state index contributed by atoms with van der Waals surface area (Å²) in [5.41, 5.74) is -0.729. The maximum atomic E-state index is 11.8. The molecule has 15 heavy (non-hydrogen) atoms. The number of carbonyl (C=O) groups is 1. The number of hydrogen-bond acceptors (Lipinski definition) is 3. The summed E-state index contributed by atoms with van der Waals surface area (Å²) in [5, 5.41) is 0. The molecule has 0 heterocycles. The third-order valence-corrected chi connectivity index (χ3v) is 6.05. The largest absolute Gasteiger partial charge is 0.299 e. The second kappa shape index (κ2) is 2.02. The van der Waals surface area contributed by atoms with Crippen LogP contribution in [0, 0.1) is 22.2 Å². The predicted molar refractivity (Wildman–Crippen MR) is 52.8 cm³/mol. The van der Waals surface area contributed by atoms with E-state index in [4.69, 9.17) is 4.55 Å². The van der Waals surface area contributed by atoms with Gasteiger partial charge in [-0.15, -0.1) is 0 Å². The molecule has 0 amide bonds. The number of ketones is 1. The Labute approximate surface area is 88.8 Å². The molecule has 0 radical (unpaired) electrons. The summed E-state index contributed by atoms with van der Waals surface area (Å²) in [6.07, 6.45) is 1.17. The molecule has 2 unspecified atom stereocenters. The van der Waals surface area contributed by atoms with Crippen molar-refractivity contribution in [2.45, 2.75) is 26.7 Å². The van der Waals surface area contributed by atoms with E-state index in [-0.39, 0.29) is 22.4 Å². The standard InChI is InChI=1S/C10H14O4S/c1-8(2)6-3-7(11)9(4-10(6,8)9)5-15(12,13)14/h6H,3-5H2,1-2H3,(H,12,13,14)/t6?,9-,10?/m1/s1. The molecule has 0 aromatic heterocycles. The maximum absolute atomic E-state index is 11.8. The zero-order chi connectivity index (χ0) is 11.3. The lowest BCUT2D eigenvalue weighted by atomic mass is 9.92. The van der Waals surface area contributed by atoms with Gasteiger partial charge in [0.25, 0.3) is 10.1 Å². The van der Waals surface area contributed by atoms with Gasteiger partial charge in [0.2, 0.25) is 0 Å². The summed E-state index contributed by atoms with van der Waals surface area (Å²) < 4.78 is 30.8. The van der Waals surface area contributed by atoms with Crippen molar-refractivity contribution < 1.29 is 17.8 Å². The first-order valence-corrected chi connectivity index (χ1v) is 6.77. The summed E-state index contributed by atoms with van der Waals surface area (Å²) in [6.45, 7) is 4.19. The highest BCUT2D eigenvalue weighted by Gasteiger charge is 2.95. The molecule has 0 aromatic rings. The zero-order valence-corrected chi connectivity index (χ0v) is 9.60. The lowest BCUT2D eigenvalue weighted by molar-refractivity contribution is -0.123. The van der Waals surface area contributed by atoms with E-state index in [1.807, 2.05) is 0 Å². The van der Waals surface area contributed by atoms with Gasteiger partial charge in [-0.1, -0.05) is 13.8 Å². The Morgan fingerprint density at radius 3 is 2.47 bits per heavy atom. The molecule has 0 aliphatic heterocycles. The molecule has 3 aliphatic carbocycles. The van der Waals surface area contributed by atoms with E-state index in [0.717, 1.165) is 0 Å². The van der Waals surface area contributed by atoms with Crippen LogP contribution in [0.4, 0.5) is 0 Å². The number of carbonyl (C=O) groups excluding carboxylic acids is 1. The smallest absolute Gasteiger partial charge is 0.265 e. The Morgan fingerprint density at radius 1 is 1.47 bits per heavy atom. The summed E-state index contributed by atoms with van der Waals surface area (Å²) in [6, 6.07) is 0. The van der Waals surface area contributed by atoms with Gasteiger partial charge in [0.1, 0.15) is 5.78 Å². The van der Waals surface area contributed by atoms with Crippen LogP contribution in [0.3, 0.4) is 0 Å². The van der Waals surface area contributed by atoms with Crippen LogP contribution in [0.15, 0.2) is 0 Å². The molecule has 1 N–H and O–H groups in total. The highest BCUT2D eigenvalue weighted by atomic mass is 32.2. The quantitative estimate of drug-likeness (QED) is 0.715. The van der Waals surface area contributed by atoms with Gasteiger partial charge in [0, 0.05) is 6.42 Å². The molecule has 0 saturated heterocycles. The van der Waals surface area contributed by atoms with Gasteiger partial charge in [-0.05, 0) is 23.2 Å². The lowest BCUT2D eigenvalue weighted by Gasteiger charge is -2.14. The van der Waals surface area contributed by atoms with Gasteiger partial charge in [0.05, 0.1) is 11.2 Å². The van der Waals surface area contributed by atoms with Gasteiger partial charge in [-0.25, -0.2) is 0 Å². The van der Waals surface area contributed by atoms with Crippen molar-refractivity contribution in [3.63, 3.8) is 0 Å². The molecular formula is C10H14O4S. The van der Waals surface area contributed by atoms with Crippen LogP contribution in [0.5, 0.6) is 0 Å². The van der Waals surface area contributed by atoms with Crippen molar-refractivity contribution in [2.75, 3.05) is 5.75 Å². The second-order valence-corrected chi connectivity index (χ2v) is 7.31. The third kappa shape index (κ3) is 0.804. The summed E-state index contributed by atoms with van der Waals surface area (Å²) in [4.78, 5) is 11.8. The molecule has 3 atom stereocenters. The van der Waals surface area contributed by atoms with E-state index < -0.39 is 15.5 Å². The minimum Gasteiger partial charge on any atom is -0.299 e. The Hall–Kier alpha value is -0.420. The van der Waals surface area contributed by atoms with Gasteiger partial charge in [-0.3, -0.25) is 9.35 Å². The predicted octanol–water partition coefficient (Wildman–Crippen LogP) is 0.879. The number of Topliss-reactive ketones (excluding diaryl/α,β-unsaturated/α-hetero) is 1. The van der Waals surface area contributed by atoms with Gasteiger partial charge < -0.3 is 0 Å². The SMILES string of the molecule is CC1(C)C2CC(=O)[C@]3(CS(=O)(=O)O)CC213. The molecule has 84 valence electrons. The fraction of sp³-hybridized carbons (Fsp3) is 0.900. The molecule has 3 fully saturated rings. The van der Waals surface area contributed by atoms with Gasteiger partial charge in [0.15, 0.2) is 0 Å². The summed E-state index contributed by atoms with van der Waals surface area (Å²) in [7, 11) is -4.04. The van der Waals surface area contributed by atoms with Crippen LogP contribution in [-0.4, -0.2) is 24.5 Å². The normalized spacial score (nSPS) is 49.8. The van der Waals surface area contributed by atoms with Crippen molar-refractivity contribution in [1.29, 1.82) is 0 Å². The molecule has 3 rings (SSSR count). The fourth-order valence-electron chi connectivity index (χ4n) is 4.43. The van der Waals surface area contributed by atoms with E-state index in [2.05, 4.69) is 13.8 Å². The van der Waals surface area contributed by atoms with Crippen LogP contribution < -0.4 is 0 Å². The van der Waals surface area contributed by atoms with Crippen molar-refractivity contribution in [1.82, 2.24) is 0 Å². The van der Waals surface area contributed by atoms with E-state index >= 15 is 0 Å². The van der Waals surface area contributed by atoms with Crippen LogP contribution >= 0.6 is 0 Å². The minimum absolute atomic E-state index is 0.0458. The molecule has 0 aromatic carbocycles. The molecular weight excluding hydrogens is 216 g/mol. The van der Waals surface area contributed by atoms with Crippen molar-refractivity contribution >= 4 is 15.9 Å². The minimum atomic E-state index is -4.04. The second-order valence-electron chi connectivity index (χ2n) is 5.86. The van der Waals surface area contributed by atoms with Crippen molar-refractivity contribution in [3.8, 4) is 0 Å². The zero-order valence-electron chi connectivity index (χ0n) is 8.78. The van der Waals surface area contributed by atoms with E-state index in [9.17, 15) is 13.2 Å². The highest BCUT2D eigenvalue weighted by Crippen LogP contribution is 2.95. The van der Waals surface area contributed by atoms with Crippen LogP contribution in [0.1, 0.15) is 26.7 Å². The lowest BCUT2D eigenvalue weighted by Crippen LogP contribution is -2.27. The summed E-state index contributed by atoms with van der Waals surface area (Å²) >= 11 is 0. The average Bonchev–Trinajstić information content (AvgIpc) is 2.74. The van der Waals surface area contributed by atoms with Crippen LogP contribution in [-0.2, 0) is 14.9 Å². The Morgan fingerprint density at radius 2 is 2.07 bits per heavy atom. The maximum Gasteiger partial charge on any atom is 0.265 e. The first-order valence-electron chi connectivity index (χ1n) is 5.16. The topological polar surface area (TPSA) is 71.4 Å². The molecule has 1 spiro atoms. The van der Waals surface area contributed by atoms with Crippen LogP contribution in [0.25, 0.3) is 0 Å². The molecule has 4 nitrogen and oxygen atoms in total. The molecule has 3 saturated carbocycles. The van der Waals surface area contributed by atoms with E-state index in [1.165, 1.54) is 0 Å². The van der Waals surface area contributed by atoms with E-state index in [1.54, 1.807) is 0 Å². The summed E-state index contributed by atoms with van der Waals surface area (Å²) in [5.74, 6) is 0.0300. The average molecular weight is 230 g/mol. The van der Waals surface area contributed by atoms with Crippen molar-refractivity contribution in [3.05, 3.63) is 0 Å². The molecule has 0 bridgehead atoms. The Balaban J connectivity index is 2.00. The van der Waals surface area contributed by atoms with Gasteiger partial charge >= 0.3 is 0 Å². The van der Waals surface area contributed by atoms with E-state index in [0.29, 0.717) is 18.8 Å². The Bertz CT molecular complexity index is 478. The molecule has 5 heteroatoms. The first-order chi connectivity index (χ1) is 6.67. The molecule has 3 aliphatic rings. The van der Waals surface area contributed by atoms with Crippen LogP contribution in [0.2, 0.25) is 0 Å². The monoisotopic (exact) mass is 230 g/mol. The highest BCUT2D eigenvalue weighted by molar-refractivity contribution is 7.85. The van der Waals surface area contributed by atoms with Gasteiger partial charge in [-0.2, -0.15) is 8.42 Å². The van der Waals surface area contributed by atoms with Crippen molar-refractivity contribution in [2.24, 2.45) is 22.2 Å². The Kier molecular flexibility index (Phi) is 1.32. The number of rotatable bonds is 2. The first kappa shape index (κ1) is 9.78.